The van der Waals surface area contributed by atoms with Gasteiger partial charge in [-0.3, -0.25) is 4.79 Å². The number of anilines is 3. The van der Waals surface area contributed by atoms with Crippen molar-refractivity contribution in [1.29, 1.82) is 0 Å². The summed E-state index contributed by atoms with van der Waals surface area (Å²) >= 11 is 3.32. The van der Waals surface area contributed by atoms with E-state index >= 15 is 0 Å². The Morgan fingerprint density at radius 1 is 0.964 bits per heavy atom. The predicted molar refractivity (Wildman–Crippen MR) is 103 cm³/mol. The number of alkyl halides is 3. The number of aromatic nitrogens is 1. The van der Waals surface area contributed by atoms with Gasteiger partial charge in [0.05, 0.1) is 5.56 Å². The molecule has 0 atom stereocenters. The van der Waals surface area contributed by atoms with Crippen molar-refractivity contribution in [3.8, 4) is 5.75 Å². The third-order valence-corrected chi connectivity index (χ3v) is 4.03. The van der Waals surface area contributed by atoms with Gasteiger partial charge in [-0.05, 0) is 60.7 Å². The highest BCUT2D eigenvalue weighted by Crippen LogP contribution is 2.26. The number of benzene rings is 2. The summed E-state index contributed by atoms with van der Waals surface area (Å²) in [6, 6.07) is 15.4. The lowest BCUT2D eigenvalue weighted by molar-refractivity contribution is -0.274. The molecule has 9 heteroatoms. The van der Waals surface area contributed by atoms with Gasteiger partial charge in [0.15, 0.2) is 0 Å². The van der Waals surface area contributed by atoms with Crippen LogP contribution >= 0.6 is 15.9 Å². The first-order valence-electron chi connectivity index (χ1n) is 7.95. The monoisotopic (exact) mass is 451 g/mol. The highest BCUT2D eigenvalue weighted by atomic mass is 79.9. The summed E-state index contributed by atoms with van der Waals surface area (Å²) < 4.78 is 41.4. The van der Waals surface area contributed by atoms with E-state index in [4.69, 9.17) is 0 Å². The third-order valence-electron chi connectivity index (χ3n) is 3.51. The molecule has 3 aromatic rings. The number of nitrogens with one attached hydrogen (secondary N) is 2. The van der Waals surface area contributed by atoms with E-state index in [0.717, 1.165) is 4.47 Å². The Morgan fingerprint density at radius 3 is 2.25 bits per heavy atom. The van der Waals surface area contributed by atoms with Gasteiger partial charge in [0.1, 0.15) is 11.6 Å². The van der Waals surface area contributed by atoms with E-state index in [2.05, 4.69) is 36.3 Å². The average molecular weight is 452 g/mol. The number of carbonyl (C=O) groups is 1. The van der Waals surface area contributed by atoms with Gasteiger partial charge in [-0.1, -0.05) is 15.9 Å². The molecule has 0 aliphatic rings. The van der Waals surface area contributed by atoms with Crippen LogP contribution in [0.2, 0.25) is 0 Å². The van der Waals surface area contributed by atoms with Crippen LogP contribution in [0.15, 0.2) is 71.3 Å². The lowest BCUT2D eigenvalue weighted by Gasteiger charge is -2.12. The lowest BCUT2D eigenvalue weighted by atomic mass is 10.2. The molecule has 0 radical (unpaired) electrons. The van der Waals surface area contributed by atoms with Crippen molar-refractivity contribution in [2.75, 3.05) is 10.6 Å². The number of pyridine rings is 1. The molecule has 1 amide bonds. The van der Waals surface area contributed by atoms with Crippen molar-refractivity contribution in [1.82, 2.24) is 4.98 Å². The molecule has 0 saturated heterocycles. The molecular weight excluding hydrogens is 439 g/mol. The first kappa shape index (κ1) is 19.7. The molecule has 2 aromatic carbocycles. The number of nitrogens with zero attached hydrogens (tertiary/aromatic N) is 1. The molecular formula is C19H13BrF3N3O2. The topological polar surface area (TPSA) is 63.2 Å². The normalized spacial score (nSPS) is 11.0. The van der Waals surface area contributed by atoms with Crippen molar-refractivity contribution < 1.29 is 22.7 Å². The van der Waals surface area contributed by atoms with Crippen LogP contribution in [0, 0.1) is 0 Å². The van der Waals surface area contributed by atoms with Crippen LogP contribution in [0.4, 0.5) is 30.4 Å². The molecule has 0 aliphatic heterocycles. The molecule has 144 valence electrons. The highest BCUT2D eigenvalue weighted by molar-refractivity contribution is 9.10. The molecule has 0 aliphatic carbocycles. The zero-order valence-corrected chi connectivity index (χ0v) is 15.7. The van der Waals surface area contributed by atoms with Crippen molar-refractivity contribution in [2.45, 2.75) is 6.36 Å². The van der Waals surface area contributed by atoms with Crippen LogP contribution in [-0.4, -0.2) is 17.3 Å². The molecule has 1 heterocycles. The van der Waals surface area contributed by atoms with Crippen LogP contribution in [0.1, 0.15) is 10.4 Å². The molecule has 0 bridgehead atoms. The van der Waals surface area contributed by atoms with Crippen molar-refractivity contribution >= 4 is 39.0 Å². The van der Waals surface area contributed by atoms with Gasteiger partial charge in [0.2, 0.25) is 0 Å². The van der Waals surface area contributed by atoms with E-state index < -0.39 is 6.36 Å². The first-order chi connectivity index (χ1) is 13.3. The molecule has 0 spiro atoms. The Kier molecular flexibility index (Phi) is 5.84. The first-order valence-corrected chi connectivity index (χ1v) is 8.74. The number of amides is 1. The zero-order chi connectivity index (χ0) is 20.1. The minimum atomic E-state index is -4.76. The van der Waals surface area contributed by atoms with Crippen molar-refractivity contribution in [3.05, 3.63) is 76.9 Å². The number of halogens is 4. The standard InChI is InChI=1S/C19H13BrF3N3O2/c20-12-3-5-14(6-4-12)26-18(27)16-2-1-11-24-17(16)25-13-7-9-15(10-8-13)28-19(21,22)23/h1-11H,(H,24,25)(H,26,27). The fourth-order valence-electron chi connectivity index (χ4n) is 2.30. The van der Waals surface area contributed by atoms with Gasteiger partial charge in [0, 0.05) is 22.0 Å². The van der Waals surface area contributed by atoms with Crippen LogP contribution < -0.4 is 15.4 Å². The third kappa shape index (κ3) is 5.46. The smallest absolute Gasteiger partial charge is 0.406 e. The van der Waals surface area contributed by atoms with E-state index in [-0.39, 0.29) is 23.0 Å². The molecule has 1 aromatic heterocycles. The Bertz CT molecular complexity index is 961. The fourth-order valence-corrected chi connectivity index (χ4v) is 2.56. The minimum absolute atomic E-state index is 0.265. The summed E-state index contributed by atoms with van der Waals surface area (Å²) in [4.78, 5) is 16.7. The summed E-state index contributed by atoms with van der Waals surface area (Å²) in [6.45, 7) is 0. The largest absolute Gasteiger partial charge is 0.573 e. The van der Waals surface area contributed by atoms with E-state index in [9.17, 15) is 18.0 Å². The summed E-state index contributed by atoms with van der Waals surface area (Å²) in [6.07, 6.45) is -3.26. The van der Waals surface area contributed by atoms with Gasteiger partial charge in [-0.2, -0.15) is 0 Å². The molecule has 0 saturated carbocycles. The molecule has 28 heavy (non-hydrogen) atoms. The Labute approximate surface area is 166 Å². The number of ether oxygens (including phenoxy) is 1. The molecule has 0 fully saturated rings. The van der Waals surface area contributed by atoms with Crippen molar-refractivity contribution in [3.63, 3.8) is 0 Å². The van der Waals surface area contributed by atoms with E-state index in [0.29, 0.717) is 11.4 Å². The second kappa shape index (κ2) is 8.30. The zero-order valence-electron chi connectivity index (χ0n) is 14.1. The van der Waals surface area contributed by atoms with Crippen LogP contribution in [0.3, 0.4) is 0 Å². The predicted octanol–water partition coefficient (Wildman–Crippen LogP) is 5.74. The van der Waals surface area contributed by atoms with Gasteiger partial charge in [-0.25, -0.2) is 4.98 Å². The average Bonchev–Trinajstić information content (AvgIpc) is 2.64. The van der Waals surface area contributed by atoms with Gasteiger partial charge < -0.3 is 15.4 Å². The number of carbonyl (C=O) groups excluding carboxylic acids is 1. The quantitative estimate of drug-likeness (QED) is 0.519. The number of hydrogen-bond acceptors (Lipinski definition) is 4. The van der Waals surface area contributed by atoms with Crippen LogP contribution in [0.25, 0.3) is 0 Å². The Hall–Kier alpha value is -3.07. The fraction of sp³-hybridized carbons (Fsp3) is 0.0526. The van der Waals surface area contributed by atoms with Crippen LogP contribution in [0.5, 0.6) is 5.75 Å². The summed E-state index contributed by atoms with van der Waals surface area (Å²) in [5.41, 5.74) is 1.34. The number of rotatable bonds is 5. The van der Waals surface area contributed by atoms with E-state index in [1.165, 1.54) is 30.5 Å². The maximum Gasteiger partial charge on any atom is 0.573 e. The van der Waals surface area contributed by atoms with Gasteiger partial charge in [0.25, 0.3) is 5.91 Å². The lowest BCUT2D eigenvalue weighted by Crippen LogP contribution is -2.17. The maximum atomic E-state index is 12.6. The molecule has 3 rings (SSSR count). The number of hydrogen-bond donors (Lipinski definition) is 2. The molecule has 2 N–H and O–H groups in total. The second-order valence-corrected chi connectivity index (χ2v) is 6.47. The molecule has 0 unspecified atom stereocenters. The van der Waals surface area contributed by atoms with E-state index in [1.807, 2.05) is 0 Å². The summed E-state index contributed by atoms with van der Waals surface area (Å²) in [7, 11) is 0. The minimum Gasteiger partial charge on any atom is -0.406 e. The Morgan fingerprint density at radius 2 is 1.61 bits per heavy atom. The SMILES string of the molecule is O=C(Nc1ccc(Br)cc1)c1cccnc1Nc1ccc(OC(F)(F)F)cc1. The summed E-state index contributed by atoms with van der Waals surface area (Å²) in [5, 5.41) is 5.68. The summed E-state index contributed by atoms with van der Waals surface area (Å²) in [5.74, 6) is -0.455. The maximum absolute atomic E-state index is 12.6. The van der Waals surface area contributed by atoms with E-state index in [1.54, 1.807) is 36.4 Å². The van der Waals surface area contributed by atoms with Crippen molar-refractivity contribution in [2.24, 2.45) is 0 Å². The highest BCUT2D eigenvalue weighted by Gasteiger charge is 2.30. The molecule has 5 nitrogen and oxygen atoms in total. The van der Waals surface area contributed by atoms with Gasteiger partial charge >= 0.3 is 6.36 Å². The second-order valence-electron chi connectivity index (χ2n) is 5.56. The Balaban J connectivity index is 1.74. The van der Waals surface area contributed by atoms with Gasteiger partial charge in [-0.15, -0.1) is 13.2 Å². The van der Waals surface area contributed by atoms with Crippen LogP contribution in [-0.2, 0) is 0 Å².